The van der Waals surface area contributed by atoms with Gasteiger partial charge in [-0.25, -0.2) is 8.42 Å². The van der Waals surface area contributed by atoms with Gasteiger partial charge < -0.3 is 10.6 Å². The van der Waals surface area contributed by atoms with Crippen molar-refractivity contribution in [1.82, 2.24) is 4.90 Å². The zero-order valence-electron chi connectivity index (χ0n) is 12.3. The maximum Gasteiger partial charge on any atom is 0.191 e. The van der Waals surface area contributed by atoms with Crippen molar-refractivity contribution < 1.29 is 8.42 Å². The van der Waals surface area contributed by atoms with Crippen molar-refractivity contribution in [3.63, 3.8) is 0 Å². The first kappa shape index (κ1) is 19.6. The molecule has 1 aromatic carbocycles. The van der Waals surface area contributed by atoms with Crippen LogP contribution < -0.4 is 5.73 Å². The van der Waals surface area contributed by atoms with Gasteiger partial charge in [-0.3, -0.25) is 4.99 Å². The summed E-state index contributed by atoms with van der Waals surface area (Å²) in [6.45, 7) is 2.00. The molecule has 0 amide bonds. The predicted octanol–water partition coefficient (Wildman–Crippen LogP) is 1.58. The SMILES string of the molecule is I.NC(=NCCS(=O)(=O)Cc1ccccc1)N1CCSCC1. The molecular weight excluding hydrogens is 433 g/mol. The molecule has 0 unspecified atom stereocenters. The summed E-state index contributed by atoms with van der Waals surface area (Å²) in [6.07, 6.45) is 0. The van der Waals surface area contributed by atoms with Crippen LogP contribution >= 0.6 is 35.7 Å². The normalized spacial score (nSPS) is 16.2. The molecule has 2 N–H and O–H groups in total. The van der Waals surface area contributed by atoms with Crippen LogP contribution in [0.1, 0.15) is 5.56 Å². The van der Waals surface area contributed by atoms with Gasteiger partial charge in [0.2, 0.25) is 0 Å². The van der Waals surface area contributed by atoms with Crippen LogP contribution in [0.15, 0.2) is 35.3 Å². The van der Waals surface area contributed by atoms with E-state index in [1.807, 2.05) is 47.0 Å². The Morgan fingerprint density at radius 2 is 1.86 bits per heavy atom. The third kappa shape index (κ3) is 6.74. The fraction of sp³-hybridized carbons (Fsp3) is 0.500. The zero-order valence-corrected chi connectivity index (χ0v) is 16.3. The number of thioether (sulfide) groups is 1. The fourth-order valence-electron chi connectivity index (χ4n) is 2.09. The molecule has 0 spiro atoms. The molecule has 1 saturated heterocycles. The lowest BCUT2D eigenvalue weighted by Gasteiger charge is -2.27. The molecule has 1 fully saturated rings. The summed E-state index contributed by atoms with van der Waals surface area (Å²) in [5.41, 5.74) is 6.71. The summed E-state index contributed by atoms with van der Waals surface area (Å²) in [7, 11) is -3.15. The van der Waals surface area contributed by atoms with Crippen molar-refractivity contribution >= 4 is 51.5 Å². The molecule has 0 atom stereocenters. The Morgan fingerprint density at radius 1 is 1.23 bits per heavy atom. The highest BCUT2D eigenvalue weighted by molar-refractivity contribution is 14.0. The van der Waals surface area contributed by atoms with Crippen molar-refractivity contribution in [3.05, 3.63) is 35.9 Å². The lowest BCUT2D eigenvalue weighted by molar-refractivity contribution is 0.456. The number of sulfone groups is 1. The molecule has 1 aromatic rings. The Balaban J connectivity index is 0.00000242. The molecule has 1 heterocycles. The number of aliphatic imine (C=N–C) groups is 1. The number of benzene rings is 1. The highest BCUT2D eigenvalue weighted by Crippen LogP contribution is 2.09. The van der Waals surface area contributed by atoms with Crippen LogP contribution in [0.5, 0.6) is 0 Å². The minimum atomic E-state index is -3.15. The van der Waals surface area contributed by atoms with E-state index in [-0.39, 0.29) is 42.0 Å². The van der Waals surface area contributed by atoms with Crippen molar-refractivity contribution in [3.8, 4) is 0 Å². The molecule has 0 aromatic heterocycles. The van der Waals surface area contributed by atoms with Crippen molar-refractivity contribution in [1.29, 1.82) is 0 Å². The Bertz CT molecular complexity index is 573. The van der Waals surface area contributed by atoms with Crippen LogP contribution in [0.2, 0.25) is 0 Å². The van der Waals surface area contributed by atoms with E-state index < -0.39 is 9.84 Å². The Morgan fingerprint density at radius 3 is 2.50 bits per heavy atom. The highest BCUT2D eigenvalue weighted by atomic mass is 127. The van der Waals surface area contributed by atoms with Crippen LogP contribution in [0.4, 0.5) is 0 Å². The first-order valence-corrected chi connectivity index (χ1v) is 9.91. The number of halogens is 1. The Labute approximate surface area is 153 Å². The van der Waals surface area contributed by atoms with Crippen molar-refractivity contribution in [2.24, 2.45) is 10.7 Å². The van der Waals surface area contributed by atoms with E-state index in [9.17, 15) is 8.42 Å². The minimum absolute atomic E-state index is 0. The van der Waals surface area contributed by atoms with Gasteiger partial charge in [0.15, 0.2) is 15.8 Å². The standard InChI is InChI=1S/C14H21N3O2S2.HI/c15-14(17-7-9-20-10-8-17)16-6-11-21(18,19)12-13-4-2-1-3-5-13;/h1-5H,6-12H2,(H2,15,16);1H. The second kappa shape index (κ2) is 9.61. The fourth-order valence-corrected chi connectivity index (χ4v) is 4.21. The van der Waals surface area contributed by atoms with Gasteiger partial charge in [0.05, 0.1) is 18.1 Å². The van der Waals surface area contributed by atoms with Gasteiger partial charge in [-0.15, -0.1) is 24.0 Å². The third-order valence-corrected chi connectivity index (χ3v) is 5.76. The molecule has 0 radical (unpaired) electrons. The summed E-state index contributed by atoms with van der Waals surface area (Å²) in [6, 6.07) is 9.20. The first-order valence-electron chi connectivity index (χ1n) is 6.94. The monoisotopic (exact) mass is 455 g/mol. The molecule has 1 aliphatic heterocycles. The maximum absolute atomic E-state index is 12.0. The highest BCUT2D eigenvalue weighted by Gasteiger charge is 2.14. The van der Waals surface area contributed by atoms with E-state index in [4.69, 9.17) is 5.73 Å². The smallest absolute Gasteiger partial charge is 0.191 e. The van der Waals surface area contributed by atoms with E-state index in [0.29, 0.717) is 5.96 Å². The van der Waals surface area contributed by atoms with Crippen molar-refractivity contribution in [2.45, 2.75) is 5.75 Å². The molecule has 5 nitrogen and oxygen atoms in total. The second-order valence-electron chi connectivity index (χ2n) is 4.92. The Kier molecular flexibility index (Phi) is 8.55. The number of hydrogen-bond acceptors (Lipinski definition) is 4. The van der Waals surface area contributed by atoms with E-state index in [2.05, 4.69) is 4.99 Å². The van der Waals surface area contributed by atoms with Crippen LogP contribution in [-0.2, 0) is 15.6 Å². The molecule has 0 aliphatic carbocycles. The topological polar surface area (TPSA) is 75.8 Å². The summed E-state index contributed by atoms with van der Waals surface area (Å²) < 4.78 is 24.1. The van der Waals surface area contributed by atoms with Crippen LogP contribution in [0.25, 0.3) is 0 Å². The average Bonchev–Trinajstić information content (AvgIpc) is 2.48. The largest absolute Gasteiger partial charge is 0.370 e. The number of guanidine groups is 1. The lowest BCUT2D eigenvalue weighted by atomic mass is 10.2. The van der Waals surface area contributed by atoms with E-state index >= 15 is 0 Å². The van der Waals surface area contributed by atoms with Gasteiger partial charge in [-0.1, -0.05) is 30.3 Å². The van der Waals surface area contributed by atoms with Gasteiger partial charge in [-0.05, 0) is 5.56 Å². The number of nitrogens with zero attached hydrogens (tertiary/aromatic N) is 2. The molecule has 124 valence electrons. The van der Waals surface area contributed by atoms with Crippen LogP contribution in [0.3, 0.4) is 0 Å². The van der Waals surface area contributed by atoms with Gasteiger partial charge >= 0.3 is 0 Å². The summed E-state index contributed by atoms with van der Waals surface area (Å²) >= 11 is 1.90. The predicted molar refractivity (Wildman–Crippen MR) is 105 cm³/mol. The quantitative estimate of drug-likeness (QED) is 0.415. The van der Waals surface area contributed by atoms with E-state index in [0.717, 1.165) is 30.2 Å². The van der Waals surface area contributed by atoms with Gasteiger partial charge in [0.1, 0.15) is 0 Å². The van der Waals surface area contributed by atoms with Crippen molar-refractivity contribution in [2.75, 3.05) is 36.9 Å². The molecule has 0 saturated carbocycles. The Hall–Kier alpha value is -0.480. The van der Waals surface area contributed by atoms with Crippen LogP contribution in [-0.4, -0.2) is 56.2 Å². The number of rotatable bonds is 5. The molecule has 0 bridgehead atoms. The van der Waals surface area contributed by atoms with Gasteiger partial charge in [0, 0.05) is 24.6 Å². The number of hydrogen-bond donors (Lipinski definition) is 1. The second-order valence-corrected chi connectivity index (χ2v) is 8.33. The minimum Gasteiger partial charge on any atom is -0.370 e. The lowest BCUT2D eigenvalue weighted by Crippen LogP contribution is -2.42. The molecule has 2 rings (SSSR count). The van der Waals surface area contributed by atoms with E-state index in [1.165, 1.54) is 0 Å². The third-order valence-electron chi connectivity index (χ3n) is 3.24. The molecule has 1 aliphatic rings. The van der Waals surface area contributed by atoms with E-state index in [1.54, 1.807) is 0 Å². The summed E-state index contributed by atoms with van der Waals surface area (Å²) in [4.78, 5) is 6.22. The number of nitrogens with two attached hydrogens (primary N) is 1. The zero-order chi connectivity index (χ0) is 15.1. The summed E-state index contributed by atoms with van der Waals surface area (Å²) in [5, 5.41) is 0. The summed E-state index contributed by atoms with van der Waals surface area (Å²) in [5.74, 6) is 2.64. The average molecular weight is 455 g/mol. The molecule has 22 heavy (non-hydrogen) atoms. The van der Waals surface area contributed by atoms with Gasteiger partial charge in [0.25, 0.3) is 0 Å². The van der Waals surface area contributed by atoms with Crippen LogP contribution in [0, 0.1) is 0 Å². The molecular formula is C14H22IN3O2S2. The maximum atomic E-state index is 12.0. The first-order chi connectivity index (χ1) is 10.1. The van der Waals surface area contributed by atoms with Gasteiger partial charge in [-0.2, -0.15) is 11.8 Å². The molecule has 8 heteroatoms.